The predicted octanol–water partition coefficient (Wildman–Crippen LogP) is 0.119. The van der Waals surface area contributed by atoms with Crippen LogP contribution in [0.3, 0.4) is 0 Å². The van der Waals surface area contributed by atoms with Crippen LogP contribution in [0.1, 0.15) is 6.92 Å². The van der Waals surface area contributed by atoms with Gasteiger partial charge in [0.25, 0.3) is 0 Å². The molecule has 108 valence electrons. The molecule has 1 unspecified atom stereocenters. The number of sulfonamides is 1. The van der Waals surface area contributed by atoms with Gasteiger partial charge in [-0.3, -0.25) is 0 Å². The molecule has 0 aromatic heterocycles. The molecule has 1 aromatic rings. The lowest BCUT2D eigenvalue weighted by molar-refractivity contribution is 0.562. The average Bonchev–Trinajstić information content (AvgIpc) is 2.11. The maximum Gasteiger partial charge on any atom is 0.241 e. The van der Waals surface area contributed by atoms with Crippen LogP contribution in [0, 0.1) is 5.82 Å². The first-order valence-corrected chi connectivity index (χ1v) is 8.80. The molecule has 0 aliphatic rings. The lowest BCUT2D eigenvalue weighted by atomic mass is 10.3. The molecule has 3 N–H and O–H groups in total. The Hall–Kier alpha value is -1.19. The van der Waals surface area contributed by atoms with E-state index in [4.69, 9.17) is 5.73 Å². The van der Waals surface area contributed by atoms with Crippen molar-refractivity contribution in [2.75, 3.05) is 17.7 Å². The van der Waals surface area contributed by atoms with Gasteiger partial charge in [0, 0.05) is 18.0 Å². The van der Waals surface area contributed by atoms with E-state index in [1.54, 1.807) is 0 Å². The standard InChI is InChI=1S/C10H15FN2O4S2/c1-7(6-18(2,14)15)13-19(16,17)10-4-8(11)3-9(12)5-10/h3-5,7,13H,6,12H2,1-2H3. The summed E-state index contributed by atoms with van der Waals surface area (Å²) in [7, 11) is -7.33. The van der Waals surface area contributed by atoms with Crippen molar-refractivity contribution in [2.45, 2.75) is 17.9 Å². The van der Waals surface area contributed by atoms with E-state index in [1.807, 2.05) is 0 Å². The average molecular weight is 310 g/mol. The highest BCUT2D eigenvalue weighted by atomic mass is 32.2. The Morgan fingerprint density at radius 3 is 2.32 bits per heavy atom. The Balaban J connectivity index is 2.99. The van der Waals surface area contributed by atoms with Gasteiger partial charge in [0.1, 0.15) is 15.7 Å². The van der Waals surface area contributed by atoms with E-state index in [0.717, 1.165) is 24.5 Å². The van der Waals surface area contributed by atoms with Crippen LogP contribution in [-0.2, 0) is 19.9 Å². The monoisotopic (exact) mass is 310 g/mol. The van der Waals surface area contributed by atoms with Gasteiger partial charge in [-0.1, -0.05) is 0 Å². The zero-order valence-electron chi connectivity index (χ0n) is 10.4. The van der Waals surface area contributed by atoms with Crippen molar-refractivity contribution >= 4 is 25.5 Å². The fourth-order valence-electron chi connectivity index (χ4n) is 1.56. The summed E-state index contributed by atoms with van der Waals surface area (Å²) >= 11 is 0. The first-order chi connectivity index (χ1) is 8.49. The minimum atomic E-state index is -4.01. The van der Waals surface area contributed by atoms with Crippen LogP contribution in [0.5, 0.6) is 0 Å². The van der Waals surface area contributed by atoms with Crippen LogP contribution >= 0.6 is 0 Å². The van der Waals surface area contributed by atoms with E-state index in [1.165, 1.54) is 6.92 Å². The first kappa shape index (κ1) is 15.9. The number of hydrogen-bond donors (Lipinski definition) is 2. The molecule has 0 saturated carbocycles. The molecule has 0 bridgehead atoms. The van der Waals surface area contributed by atoms with Gasteiger partial charge in [-0.05, 0) is 25.1 Å². The van der Waals surface area contributed by atoms with Gasteiger partial charge in [-0.2, -0.15) is 0 Å². The summed E-state index contributed by atoms with van der Waals surface area (Å²) in [5, 5.41) is 0. The van der Waals surface area contributed by atoms with Gasteiger partial charge in [0.2, 0.25) is 10.0 Å². The van der Waals surface area contributed by atoms with Crippen LogP contribution in [0.4, 0.5) is 10.1 Å². The Kier molecular flexibility index (Phi) is 4.54. The van der Waals surface area contributed by atoms with E-state index in [2.05, 4.69) is 4.72 Å². The van der Waals surface area contributed by atoms with Crippen LogP contribution in [0.2, 0.25) is 0 Å². The number of benzene rings is 1. The number of nitrogen functional groups attached to an aromatic ring is 1. The zero-order valence-corrected chi connectivity index (χ0v) is 12.1. The van der Waals surface area contributed by atoms with Crippen LogP contribution in [0.25, 0.3) is 0 Å². The summed E-state index contributed by atoms with van der Waals surface area (Å²) in [6.07, 6.45) is 0.998. The second-order valence-corrected chi connectivity index (χ2v) is 8.23. The summed E-state index contributed by atoms with van der Waals surface area (Å²) in [5.74, 6) is -1.13. The number of sulfone groups is 1. The Morgan fingerprint density at radius 1 is 1.26 bits per heavy atom. The van der Waals surface area contributed by atoms with Crippen molar-refractivity contribution in [3.63, 3.8) is 0 Å². The third kappa shape index (κ3) is 5.13. The zero-order chi connectivity index (χ0) is 14.8. The molecule has 0 saturated heterocycles. The topological polar surface area (TPSA) is 106 Å². The molecular formula is C10H15FN2O4S2. The number of anilines is 1. The van der Waals surface area contributed by atoms with Crippen molar-refractivity contribution in [3.05, 3.63) is 24.0 Å². The molecule has 0 spiro atoms. The second-order valence-electron chi connectivity index (χ2n) is 4.34. The first-order valence-electron chi connectivity index (χ1n) is 5.26. The Labute approximate surface area is 111 Å². The molecule has 1 aromatic carbocycles. The lowest BCUT2D eigenvalue weighted by Crippen LogP contribution is -2.37. The van der Waals surface area contributed by atoms with Crippen molar-refractivity contribution in [1.82, 2.24) is 4.72 Å². The molecule has 1 atom stereocenters. The van der Waals surface area contributed by atoms with Gasteiger partial charge in [-0.25, -0.2) is 25.9 Å². The van der Waals surface area contributed by atoms with Crippen LogP contribution in [0.15, 0.2) is 23.1 Å². The van der Waals surface area contributed by atoms with Crippen molar-refractivity contribution in [2.24, 2.45) is 0 Å². The normalized spacial score (nSPS) is 14.3. The molecule has 6 nitrogen and oxygen atoms in total. The van der Waals surface area contributed by atoms with Crippen LogP contribution < -0.4 is 10.5 Å². The van der Waals surface area contributed by atoms with Gasteiger partial charge in [-0.15, -0.1) is 0 Å². The highest BCUT2D eigenvalue weighted by Crippen LogP contribution is 2.16. The molecule has 19 heavy (non-hydrogen) atoms. The van der Waals surface area contributed by atoms with Crippen molar-refractivity contribution in [3.8, 4) is 0 Å². The molecule has 9 heteroatoms. The largest absolute Gasteiger partial charge is 0.399 e. The second kappa shape index (κ2) is 5.43. The van der Waals surface area contributed by atoms with E-state index < -0.39 is 31.7 Å². The molecule has 0 aliphatic heterocycles. The molecule has 0 amide bonds. The maximum atomic E-state index is 13.1. The molecule has 0 radical (unpaired) electrons. The number of nitrogens with two attached hydrogens (primary N) is 1. The molecule has 0 aliphatic carbocycles. The van der Waals surface area contributed by atoms with E-state index in [9.17, 15) is 21.2 Å². The number of rotatable bonds is 5. The van der Waals surface area contributed by atoms with Crippen molar-refractivity contribution in [1.29, 1.82) is 0 Å². The lowest BCUT2D eigenvalue weighted by Gasteiger charge is -2.13. The highest BCUT2D eigenvalue weighted by molar-refractivity contribution is 7.91. The summed E-state index contributed by atoms with van der Waals surface area (Å²) in [6, 6.07) is 2.06. The number of halogens is 1. The van der Waals surface area contributed by atoms with Gasteiger partial charge in [0.15, 0.2) is 0 Å². The molecule has 1 rings (SSSR count). The van der Waals surface area contributed by atoms with Gasteiger partial charge >= 0.3 is 0 Å². The smallest absolute Gasteiger partial charge is 0.241 e. The number of nitrogens with one attached hydrogen (secondary N) is 1. The summed E-state index contributed by atoms with van der Waals surface area (Å²) in [6.45, 7) is 1.40. The third-order valence-corrected chi connectivity index (χ3v) is 4.79. The van der Waals surface area contributed by atoms with Gasteiger partial charge in [0.05, 0.1) is 10.6 Å². The highest BCUT2D eigenvalue weighted by Gasteiger charge is 2.21. The van der Waals surface area contributed by atoms with Crippen molar-refractivity contribution < 1.29 is 21.2 Å². The Morgan fingerprint density at radius 2 is 1.84 bits per heavy atom. The minimum Gasteiger partial charge on any atom is -0.399 e. The molecular weight excluding hydrogens is 295 g/mol. The minimum absolute atomic E-state index is 0.0314. The SMILES string of the molecule is CC(CS(C)(=O)=O)NS(=O)(=O)c1cc(N)cc(F)c1. The fraction of sp³-hybridized carbons (Fsp3) is 0.400. The summed E-state index contributed by atoms with van der Waals surface area (Å²) < 4.78 is 61.2. The quantitative estimate of drug-likeness (QED) is 0.751. The summed E-state index contributed by atoms with van der Waals surface area (Å²) in [5.41, 5.74) is 5.33. The van der Waals surface area contributed by atoms with Crippen LogP contribution in [-0.4, -0.2) is 34.9 Å². The third-order valence-electron chi connectivity index (χ3n) is 2.11. The maximum absolute atomic E-state index is 13.1. The fourth-order valence-corrected chi connectivity index (χ4v) is 3.97. The van der Waals surface area contributed by atoms with E-state index >= 15 is 0 Å². The predicted molar refractivity (Wildman–Crippen MR) is 70.3 cm³/mol. The molecule has 0 heterocycles. The number of hydrogen-bond acceptors (Lipinski definition) is 5. The van der Waals surface area contributed by atoms with E-state index in [-0.39, 0.29) is 16.3 Å². The summed E-state index contributed by atoms with van der Waals surface area (Å²) in [4.78, 5) is -0.342. The van der Waals surface area contributed by atoms with E-state index in [0.29, 0.717) is 0 Å². The van der Waals surface area contributed by atoms with Gasteiger partial charge < -0.3 is 5.73 Å². The molecule has 0 fully saturated rings. The Bertz CT molecular complexity index is 651.